The van der Waals surface area contributed by atoms with Crippen LogP contribution in [0.5, 0.6) is 0 Å². The maximum atomic E-state index is 11.5. The molecular formula is C12H21NO2. The van der Waals surface area contributed by atoms with Crippen LogP contribution in [0.2, 0.25) is 0 Å². The van der Waals surface area contributed by atoms with Crippen molar-refractivity contribution in [1.29, 1.82) is 0 Å². The highest BCUT2D eigenvalue weighted by Crippen LogP contribution is 2.32. The molecule has 0 N–H and O–H groups in total. The molecule has 0 amide bonds. The van der Waals surface area contributed by atoms with E-state index in [-0.39, 0.29) is 5.97 Å². The molecule has 3 nitrogen and oxygen atoms in total. The summed E-state index contributed by atoms with van der Waals surface area (Å²) in [4.78, 5) is 14.0. The minimum Gasteiger partial charge on any atom is -0.466 e. The van der Waals surface area contributed by atoms with Gasteiger partial charge in [0.15, 0.2) is 0 Å². The lowest BCUT2D eigenvalue weighted by molar-refractivity contribution is -0.145. The van der Waals surface area contributed by atoms with Gasteiger partial charge in [0, 0.05) is 12.1 Å². The van der Waals surface area contributed by atoms with E-state index in [0.29, 0.717) is 19.1 Å². The van der Waals surface area contributed by atoms with Gasteiger partial charge in [0.05, 0.1) is 13.0 Å². The molecule has 2 atom stereocenters. The third-order valence-corrected chi connectivity index (χ3v) is 3.67. The average molecular weight is 211 g/mol. The van der Waals surface area contributed by atoms with Gasteiger partial charge in [-0.15, -0.1) is 0 Å². The lowest BCUT2D eigenvalue weighted by Gasteiger charge is -2.37. The van der Waals surface area contributed by atoms with E-state index in [9.17, 15) is 4.79 Å². The smallest absolute Gasteiger partial charge is 0.307 e. The van der Waals surface area contributed by atoms with E-state index in [0.717, 1.165) is 6.04 Å². The largest absolute Gasteiger partial charge is 0.466 e. The van der Waals surface area contributed by atoms with Crippen LogP contribution in [0, 0.1) is 0 Å². The van der Waals surface area contributed by atoms with Crippen LogP contribution >= 0.6 is 0 Å². The van der Waals surface area contributed by atoms with E-state index in [2.05, 4.69) is 4.90 Å². The van der Waals surface area contributed by atoms with Crippen LogP contribution in [-0.2, 0) is 9.53 Å². The van der Waals surface area contributed by atoms with Crippen molar-refractivity contribution in [3.05, 3.63) is 0 Å². The lowest BCUT2D eigenvalue weighted by atomic mass is 9.95. The van der Waals surface area contributed by atoms with Crippen LogP contribution in [0.4, 0.5) is 0 Å². The van der Waals surface area contributed by atoms with Crippen molar-refractivity contribution in [2.24, 2.45) is 0 Å². The van der Waals surface area contributed by atoms with Gasteiger partial charge < -0.3 is 4.74 Å². The topological polar surface area (TPSA) is 29.5 Å². The SMILES string of the molecule is CCOC(=O)CC1CCCC2CCCN21. The number of nitrogens with zero attached hydrogens (tertiary/aromatic N) is 1. The summed E-state index contributed by atoms with van der Waals surface area (Å²) in [5.74, 6) is -0.0185. The molecule has 86 valence electrons. The molecule has 0 aliphatic carbocycles. The first-order valence-corrected chi connectivity index (χ1v) is 6.22. The van der Waals surface area contributed by atoms with Crippen molar-refractivity contribution in [3.63, 3.8) is 0 Å². The van der Waals surface area contributed by atoms with E-state index >= 15 is 0 Å². The van der Waals surface area contributed by atoms with Crippen molar-refractivity contribution in [2.75, 3.05) is 13.2 Å². The van der Waals surface area contributed by atoms with E-state index < -0.39 is 0 Å². The Balaban J connectivity index is 1.87. The molecule has 0 bridgehead atoms. The molecule has 0 spiro atoms. The number of piperidine rings is 1. The zero-order valence-electron chi connectivity index (χ0n) is 9.58. The summed E-state index contributed by atoms with van der Waals surface area (Å²) in [6.45, 7) is 3.57. The summed E-state index contributed by atoms with van der Waals surface area (Å²) in [5.41, 5.74) is 0. The Morgan fingerprint density at radius 2 is 2.13 bits per heavy atom. The second-order valence-corrected chi connectivity index (χ2v) is 4.63. The molecular weight excluding hydrogens is 190 g/mol. The maximum Gasteiger partial charge on any atom is 0.307 e. The van der Waals surface area contributed by atoms with Crippen molar-refractivity contribution in [3.8, 4) is 0 Å². The van der Waals surface area contributed by atoms with Crippen LogP contribution in [-0.4, -0.2) is 36.1 Å². The monoisotopic (exact) mass is 211 g/mol. The van der Waals surface area contributed by atoms with Gasteiger partial charge in [0.1, 0.15) is 0 Å². The quantitative estimate of drug-likeness (QED) is 0.668. The molecule has 0 aromatic rings. The van der Waals surface area contributed by atoms with Gasteiger partial charge in [-0.25, -0.2) is 0 Å². The predicted molar refractivity (Wildman–Crippen MR) is 58.6 cm³/mol. The molecule has 0 radical (unpaired) electrons. The van der Waals surface area contributed by atoms with Gasteiger partial charge in [-0.05, 0) is 39.2 Å². The summed E-state index contributed by atoms with van der Waals surface area (Å²) in [6.07, 6.45) is 7.04. The fourth-order valence-corrected chi connectivity index (χ4v) is 3.04. The van der Waals surface area contributed by atoms with Crippen LogP contribution < -0.4 is 0 Å². The van der Waals surface area contributed by atoms with Gasteiger partial charge in [0.25, 0.3) is 0 Å². The van der Waals surface area contributed by atoms with Gasteiger partial charge >= 0.3 is 5.97 Å². The molecule has 2 heterocycles. The van der Waals surface area contributed by atoms with E-state index in [4.69, 9.17) is 4.74 Å². The zero-order valence-corrected chi connectivity index (χ0v) is 9.58. The standard InChI is InChI=1S/C12H21NO2/c1-2-15-12(14)9-11-6-3-5-10-7-4-8-13(10)11/h10-11H,2-9H2,1H3. The molecule has 0 aromatic carbocycles. The molecule has 3 heteroatoms. The Morgan fingerprint density at radius 3 is 2.93 bits per heavy atom. The molecule has 2 saturated heterocycles. The Morgan fingerprint density at radius 1 is 1.33 bits per heavy atom. The van der Waals surface area contributed by atoms with Gasteiger partial charge in [-0.3, -0.25) is 9.69 Å². The Labute approximate surface area is 91.8 Å². The first-order valence-electron chi connectivity index (χ1n) is 6.22. The first-order chi connectivity index (χ1) is 7.31. The van der Waals surface area contributed by atoms with E-state index in [1.807, 2.05) is 6.92 Å². The Kier molecular flexibility index (Phi) is 3.62. The highest BCUT2D eigenvalue weighted by Gasteiger charge is 2.34. The molecule has 0 aromatic heterocycles. The van der Waals surface area contributed by atoms with Crippen molar-refractivity contribution >= 4 is 5.97 Å². The third-order valence-electron chi connectivity index (χ3n) is 3.67. The molecule has 2 aliphatic rings. The maximum absolute atomic E-state index is 11.5. The van der Waals surface area contributed by atoms with Crippen LogP contribution in [0.15, 0.2) is 0 Å². The number of carbonyl (C=O) groups excluding carboxylic acids is 1. The molecule has 2 rings (SSSR count). The van der Waals surface area contributed by atoms with E-state index in [1.54, 1.807) is 0 Å². The number of hydrogen-bond acceptors (Lipinski definition) is 3. The van der Waals surface area contributed by atoms with Crippen molar-refractivity contribution in [1.82, 2.24) is 4.90 Å². The number of fused-ring (bicyclic) bond motifs is 1. The summed E-state index contributed by atoms with van der Waals surface area (Å²) >= 11 is 0. The highest BCUT2D eigenvalue weighted by molar-refractivity contribution is 5.70. The van der Waals surface area contributed by atoms with E-state index in [1.165, 1.54) is 38.6 Å². The summed E-state index contributed by atoms with van der Waals surface area (Å²) < 4.78 is 5.03. The molecule has 15 heavy (non-hydrogen) atoms. The third kappa shape index (κ3) is 2.51. The number of rotatable bonds is 3. The van der Waals surface area contributed by atoms with Crippen molar-refractivity contribution in [2.45, 2.75) is 57.5 Å². The minimum atomic E-state index is -0.0185. The van der Waals surface area contributed by atoms with Crippen molar-refractivity contribution < 1.29 is 9.53 Å². The van der Waals surface area contributed by atoms with Crippen LogP contribution in [0.25, 0.3) is 0 Å². The van der Waals surface area contributed by atoms with Gasteiger partial charge in [0.2, 0.25) is 0 Å². The molecule has 2 unspecified atom stereocenters. The van der Waals surface area contributed by atoms with Crippen LogP contribution in [0.3, 0.4) is 0 Å². The zero-order chi connectivity index (χ0) is 10.7. The molecule has 2 aliphatic heterocycles. The normalized spacial score (nSPS) is 31.3. The predicted octanol–water partition coefficient (Wildman–Crippen LogP) is 1.96. The second kappa shape index (κ2) is 4.97. The number of carbonyl (C=O) groups is 1. The summed E-state index contributed by atoms with van der Waals surface area (Å²) in [7, 11) is 0. The van der Waals surface area contributed by atoms with Crippen LogP contribution in [0.1, 0.15) is 45.4 Å². The highest BCUT2D eigenvalue weighted by atomic mass is 16.5. The Bertz CT molecular complexity index is 230. The minimum absolute atomic E-state index is 0.0185. The molecule has 2 fully saturated rings. The number of ether oxygens (including phenoxy) is 1. The number of hydrogen-bond donors (Lipinski definition) is 0. The van der Waals surface area contributed by atoms with Gasteiger partial charge in [-0.2, -0.15) is 0 Å². The summed E-state index contributed by atoms with van der Waals surface area (Å²) in [6, 6.07) is 1.23. The Hall–Kier alpha value is -0.570. The average Bonchev–Trinajstić information content (AvgIpc) is 2.67. The summed E-state index contributed by atoms with van der Waals surface area (Å²) in [5, 5.41) is 0. The lowest BCUT2D eigenvalue weighted by Crippen LogP contribution is -2.43. The fraction of sp³-hybridized carbons (Fsp3) is 0.917. The second-order valence-electron chi connectivity index (χ2n) is 4.63. The molecule has 0 saturated carbocycles. The van der Waals surface area contributed by atoms with Gasteiger partial charge in [-0.1, -0.05) is 6.42 Å². The number of esters is 1. The first kappa shape index (κ1) is 10.9. The fourth-order valence-electron chi connectivity index (χ4n) is 3.04.